The first-order chi connectivity index (χ1) is 13.0. The Morgan fingerprint density at radius 3 is 2.74 bits per heavy atom. The molecule has 2 aliphatic heterocycles. The Hall–Kier alpha value is -1.89. The van der Waals surface area contributed by atoms with Crippen LogP contribution in [-0.4, -0.2) is 46.7 Å². The van der Waals surface area contributed by atoms with Gasteiger partial charge in [-0.3, -0.25) is 14.7 Å². The molecule has 144 valence electrons. The maximum absolute atomic E-state index is 12.6. The fourth-order valence-corrected chi connectivity index (χ4v) is 4.18. The van der Waals surface area contributed by atoms with E-state index < -0.39 is 0 Å². The van der Waals surface area contributed by atoms with Crippen LogP contribution in [0.25, 0.3) is 0 Å². The van der Waals surface area contributed by atoms with Gasteiger partial charge in [0.1, 0.15) is 0 Å². The van der Waals surface area contributed by atoms with E-state index in [0.717, 1.165) is 48.0 Å². The molecule has 4 rings (SSSR count). The van der Waals surface area contributed by atoms with E-state index in [9.17, 15) is 4.79 Å². The standard InChI is InChI=1S/C20H25ClN4O2/c1-13-9-25(10-14(2)27-13)20-22-18-12-24(8-7-16(18)19(26)23-20)11-15-5-3-4-6-17(15)21/h3-6,13-14H,7-12H2,1-2H3,(H,22,23,26)/t13-,14-/m1/s1. The van der Waals surface area contributed by atoms with E-state index in [1.165, 1.54) is 0 Å². The number of H-pyrrole nitrogens is 1. The van der Waals surface area contributed by atoms with Crippen LogP contribution in [0.3, 0.4) is 0 Å². The SMILES string of the molecule is C[C@@H]1CN(c2nc3c(c(=O)[nH]2)CCN(Cc2ccccc2Cl)C3)C[C@@H](C)O1. The molecule has 0 amide bonds. The van der Waals surface area contributed by atoms with Gasteiger partial charge in [0, 0.05) is 43.3 Å². The molecule has 1 aromatic heterocycles. The number of benzene rings is 1. The minimum atomic E-state index is -0.0146. The first-order valence-electron chi connectivity index (χ1n) is 9.48. The van der Waals surface area contributed by atoms with Crippen LogP contribution in [0.15, 0.2) is 29.1 Å². The number of nitrogens with one attached hydrogen (secondary N) is 1. The van der Waals surface area contributed by atoms with Crippen LogP contribution in [-0.2, 0) is 24.2 Å². The Bertz CT molecular complexity index is 875. The summed E-state index contributed by atoms with van der Waals surface area (Å²) in [5, 5.41) is 0.777. The molecule has 2 aromatic rings. The summed E-state index contributed by atoms with van der Waals surface area (Å²) in [6.07, 6.45) is 0.941. The average Bonchev–Trinajstić information content (AvgIpc) is 2.62. The third-order valence-electron chi connectivity index (χ3n) is 5.21. The number of anilines is 1. The quantitative estimate of drug-likeness (QED) is 0.875. The highest BCUT2D eigenvalue weighted by molar-refractivity contribution is 6.31. The molecule has 27 heavy (non-hydrogen) atoms. The lowest BCUT2D eigenvalue weighted by Crippen LogP contribution is -2.47. The molecular weight excluding hydrogens is 364 g/mol. The fraction of sp³-hybridized carbons (Fsp3) is 0.500. The van der Waals surface area contributed by atoms with Crippen LogP contribution < -0.4 is 10.5 Å². The van der Waals surface area contributed by atoms with E-state index in [-0.39, 0.29) is 17.8 Å². The number of halogens is 1. The number of nitrogens with zero attached hydrogens (tertiary/aromatic N) is 3. The van der Waals surface area contributed by atoms with Crippen molar-refractivity contribution in [1.82, 2.24) is 14.9 Å². The van der Waals surface area contributed by atoms with Gasteiger partial charge in [0.15, 0.2) is 0 Å². The monoisotopic (exact) mass is 388 g/mol. The number of hydrogen-bond acceptors (Lipinski definition) is 5. The van der Waals surface area contributed by atoms with Gasteiger partial charge in [0.2, 0.25) is 5.95 Å². The summed E-state index contributed by atoms with van der Waals surface area (Å²) in [6, 6.07) is 7.90. The Labute approximate surface area is 164 Å². The molecular formula is C20H25ClN4O2. The first kappa shape index (κ1) is 18.5. The topological polar surface area (TPSA) is 61.5 Å². The van der Waals surface area contributed by atoms with Crippen molar-refractivity contribution >= 4 is 17.5 Å². The maximum Gasteiger partial charge on any atom is 0.255 e. The van der Waals surface area contributed by atoms with Crippen molar-refractivity contribution in [2.75, 3.05) is 24.5 Å². The molecule has 3 heterocycles. The van der Waals surface area contributed by atoms with Crippen molar-refractivity contribution < 1.29 is 4.74 Å². The van der Waals surface area contributed by atoms with E-state index in [2.05, 4.69) is 14.8 Å². The van der Waals surface area contributed by atoms with Crippen molar-refractivity contribution in [2.24, 2.45) is 0 Å². The molecule has 0 aliphatic carbocycles. The van der Waals surface area contributed by atoms with Gasteiger partial charge in [0.25, 0.3) is 5.56 Å². The molecule has 0 radical (unpaired) electrons. The highest BCUT2D eigenvalue weighted by Gasteiger charge is 2.27. The van der Waals surface area contributed by atoms with Gasteiger partial charge in [-0.15, -0.1) is 0 Å². The van der Waals surface area contributed by atoms with Gasteiger partial charge < -0.3 is 9.64 Å². The molecule has 6 nitrogen and oxygen atoms in total. The zero-order chi connectivity index (χ0) is 19.0. The van der Waals surface area contributed by atoms with Gasteiger partial charge in [-0.05, 0) is 31.9 Å². The normalized spacial score (nSPS) is 23.3. The van der Waals surface area contributed by atoms with Crippen molar-refractivity contribution in [3.8, 4) is 0 Å². The molecule has 1 N–H and O–H groups in total. The third-order valence-corrected chi connectivity index (χ3v) is 5.58. The van der Waals surface area contributed by atoms with Crippen LogP contribution in [0, 0.1) is 0 Å². The molecule has 1 fully saturated rings. The molecule has 0 saturated carbocycles. The summed E-state index contributed by atoms with van der Waals surface area (Å²) in [7, 11) is 0. The van der Waals surface area contributed by atoms with Gasteiger partial charge in [-0.2, -0.15) is 0 Å². The zero-order valence-electron chi connectivity index (χ0n) is 15.7. The van der Waals surface area contributed by atoms with Crippen molar-refractivity contribution in [1.29, 1.82) is 0 Å². The molecule has 1 saturated heterocycles. The second kappa shape index (κ2) is 7.62. The zero-order valence-corrected chi connectivity index (χ0v) is 16.5. The smallest absolute Gasteiger partial charge is 0.255 e. The van der Waals surface area contributed by atoms with E-state index in [1.807, 2.05) is 38.1 Å². The lowest BCUT2D eigenvalue weighted by Gasteiger charge is -2.36. The molecule has 0 spiro atoms. The van der Waals surface area contributed by atoms with Crippen LogP contribution in [0.5, 0.6) is 0 Å². The highest BCUT2D eigenvalue weighted by Crippen LogP contribution is 2.23. The highest BCUT2D eigenvalue weighted by atomic mass is 35.5. The number of fused-ring (bicyclic) bond motifs is 1. The van der Waals surface area contributed by atoms with Gasteiger partial charge in [-0.1, -0.05) is 29.8 Å². The largest absolute Gasteiger partial charge is 0.372 e. The Balaban J connectivity index is 1.56. The minimum Gasteiger partial charge on any atom is -0.372 e. The summed E-state index contributed by atoms with van der Waals surface area (Å²) in [5.74, 6) is 0.653. The molecule has 2 aliphatic rings. The van der Waals surface area contributed by atoms with Crippen LogP contribution >= 0.6 is 11.6 Å². The number of aromatic nitrogens is 2. The summed E-state index contributed by atoms with van der Waals surface area (Å²) in [6.45, 7) is 7.80. The number of aromatic amines is 1. The number of morpholine rings is 1. The molecule has 2 atom stereocenters. The second-order valence-corrected chi connectivity index (χ2v) is 7.94. The Kier molecular flexibility index (Phi) is 5.21. The van der Waals surface area contributed by atoms with E-state index in [4.69, 9.17) is 21.3 Å². The lowest BCUT2D eigenvalue weighted by molar-refractivity contribution is -0.00576. The fourth-order valence-electron chi connectivity index (χ4n) is 3.98. The maximum atomic E-state index is 12.6. The average molecular weight is 389 g/mol. The summed E-state index contributed by atoms with van der Waals surface area (Å²) in [4.78, 5) is 24.8. The minimum absolute atomic E-state index is 0.0146. The van der Waals surface area contributed by atoms with Crippen LogP contribution in [0.1, 0.15) is 30.7 Å². The van der Waals surface area contributed by atoms with E-state index >= 15 is 0 Å². The van der Waals surface area contributed by atoms with Crippen molar-refractivity contribution in [2.45, 2.75) is 45.6 Å². The van der Waals surface area contributed by atoms with E-state index in [0.29, 0.717) is 18.9 Å². The predicted molar refractivity (Wildman–Crippen MR) is 106 cm³/mol. The third kappa shape index (κ3) is 4.03. The summed E-state index contributed by atoms with van der Waals surface area (Å²) < 4.78 is 5.79. The van der Waals surface area contributed by atoms with Gasteiger partial charge in [-0.25, -0.2) is 4.98 Å². The Morgan fingerprint density at radius 1 is 1.26 bits per heavy atom. The molecule has 7 heteroatoms. The number of ether oxygens (including phenoxy) is 1. The number of hydrogen-bond donors (Lipinski definition) is 1. The van der Waals surface area contributed by atoms with Crippen LogP contribution in [0.4, 0.5) is 5.95 Å². The first-order valence-corrected chi connectivity index (χ1v) is 9.85. The molecule has 1 aromatic carbocycles. The van der Waals surface area contributed by atoms with Crippen molar-refractivity contribution in [3.63, 3.8) is 0 Å². The summed E-state index contributed by atoms with van der Waals surface area (Å²) in [5.41, 5.74) is 2.77. The van der Waals surface area contributed by atoms with E-state index in [1.54, 1.807) is 0 Å². The van der Waals surface area contributed by atoms with Gasteiger partial charge in [0.05, 0.1) is 17.9 Å². The molecule has 0 bridgehead atoms. The molecule has 0 unspecified atom stereocenters. The Morgan fingerprint density at radius 2 is 2.00 bits per heavy atom. The predicted octanol–water partition coefficient (Wildman–Crippen LogP) is 2.60. The number of rotatable bonds is 3. The lowest BCUT2D eigenvalue weighted by atomic mass is 10.1. The van der Waals surface area contributed by atoms with Crippen LogP contribution in [0.2, 0.25) is 5.02 Å². The van der Waals surface area contributed by atoms with Gasteiger partial charge >= 0.3 is 0 Å². The van der Waals surface area contributed by atoms with Crippen molar-refractivity contribution in [3.05, 3.63) is 56.5 Å². The second-order valence-electron chi connectivity index (χ2n) is 7.53. The summed E-state index contributed by atoms with van der Waals surface area (Å²) >= 11 is 6.31.